The van der Waals surface area contributed by atoms with Crippen molar-refractivity contribution in [2.24, 2.45) is 0 Å². The standard InChI is InChI=1S/C31H35ClF3N3O4S/c1-5-16-36-30(40)28(6-2)37(19-23-9-7-8-22(4)17-23)29(39)20-38(43(41,42)25-13-10-21(3)11-14-25)24-12-15-27(32)26(18-24)31(33,34)35/h7-15,17-18,28H,5-6,16,19-20H2,1-4H3,(H,36,40). The lowest BCUT2D eigenvalue weighted by Gasteiger charge is -2.33. The first kappa shape index (κ1) is 33.9. The summed E-state index contributed by atoms with van der Waals surface area (Å²) in [4.78, 5) is 28.3. The number of nitrogens with one attached hydrogen (secondary N) is 1. The molecule has 1 unspecified atom stereocenters. The number of aryl methyl sites for hydroxylation is 2. The topological polar surface area (TPSA) is 86.8 Å². The summed E-state index contributed by atoms with van der Waals surface area (Å²) in [7, 11) is -4.55. The lowest BCUT2D eigenvalue weighted by molar-refractivity contribution is -0.140. The van der Waals surface area contributed by atoms with Crippen LogP contribution in [0.15, 0.2) is 71.6 Å². The highest BCUT2D eigenvalue weighted by molar-refractivity contribution is 7.92. The van der Waals surface area contributed by atoms with Gasteiger partial charge in [-0.05, 0) is 62.6 Å². The van der Waals surface area contributed by atoms with E-state index in [1.807, 2.05) is 26.0 Å². The Morgan fingerprint density at radius 1 is 0.953 bits per heavy atom. The predicted molar refractivity (Wildman–Crippen MR) is 161 cm³/mol. The fourth-order valence-corrected chi connectivity index (χ4v) is 6.18. The Morgan fingerprint density at radius 2 is 1.63 bits per heavy atom. The van der Waals surface area contributed by atoms with Crippen molar-refractivity contribution in [2.45, 2.75) is 64.2 Å². The lowest BCUT2D eigenvalue weighted by atomic mass is 10.1. The molecule has 1 atom stereocenters. The number of amides is 2. The number of carbonyl (C=O) groups is 2. The van der Waals surface area contributed by atoms with Crippen molar-refractivity contribution in [1.82, 2.24) is 10.2 Å². The van der Waals surface area contributed by atoms with Gasteiger partial charge in [-0.25, -0.2) is 8.42 Å². The average Bonchev–Trinajstić information content (AvgIpc) is 2.94. The SMILES string of the molecule is CCCNC(=O)C(CC)N(Cc1cccc(C)c1)C(=O)CN(c1ccc(Cl)c(C(F)(F)F)c1)S(=O)(=O)c1ccc(C)cc1. The molecule has 0 spiro atoms. The Kier molecular flexibility index (Phi) is 11.3. The summed E-state index contributed by atoms with van der Waals surface area (Å²) in [6.45, 7) is 6.72. The van der Waals surface area contributed by atoms with Gasteiger partial charge in [-0.1, -0.05) is 73.0 Å². The van der Waals surface area contributed by atoms with E-state index in [4.69, 9.17) is 11.6 Å². The van der Waals surface area contributed by atoms with Crippen molar-refractivity contribution < 1.29 is 31.2 Å². The highest BCUT2D eigenvalue weighted by Crippen LogP contribution is 2.38. The molecule has 3 aromatic rings. The van der Waals surface area contributed by atoms with E-state index in [0.29, 0.717) is 28.9 Å². The third-order valence-corrected chi connectivity index (χ3v) is 8.92. The van der Waals surface area contributed by atoms with Crippen LogP contribution in [0.5, 0.6) is 0 Å². The van der Waals surface area contributed by atoms with Gasteiger partial charge in [0.1, 0.15) is 12.6 Å². The van der Waals surface area contributed by atoms with Crippen LogP contribution in [-0.4, -0.2) is 44.3 Å². The molecule has 0 radical (unpaired) electrons. The number of rotatable bonds is 12. The molecule has 0 heterocycles. The lowest BCUT2D eigenvalue weighted by Crippen LogP contribution is -2.52. The van der Waals surface area contributed by atoms with Crippen LogP contribution in [0.3, 0.4) is 0 Å². The molecule has 0 bridgehead atoms. The number of hydrogen-bond donors (Lipinski definition) is 1. The van der Waals surface area contributed by atoms with Crippen molar-refractivity contribution in [3.8, 4) is 0 Å². The first-order valence-electron chi connectivity index (χ1n) is 13.8. The first-order chi connectivity index (χ1) is 20.2. The molecule has 0 aliphatic heterocycles. The number of benzene rings is 3. The Balaban J connectivity index is 2.15. The van der Waals surface area contributed by atoms with E-state index in [9.17, 15) is 31.2 Å². The van der Waals surface area contributed by atoms with Crippen molar-refractivity contribution in [3.63, 3.8) is 0 Å². The smallest absolute Gasteiger partial charge is 0.354 e. The van der Waals surface area contributed by atoms with E-state index >= 15 is 0 Å². The summed E-state index contributed by atoms with van der Waals surface area (Å²) in [5.41, 5.74) is 0.738. The number of anilines is 1. The number of nitrogens with zero attached hydrogens (tertiary/aromatic N) is 2. The number of hydrogen-bond acceptors (Lipinski definition) is 4. The van der Waals surface area contributed by atoms with Crippen LogP contribution < -0.4 is 9.62 Å². The molecular weight excluding hydrogens is 603 g/mol. The Labute approximate surface area is 255 Å². The summed E-state index contributed by atoms with van der Waals surface area (Å²) in [5, 5.41) is 2.17. The normalized spacial score (nSPS) is 12.5. The molecule has 0 fully saturated rings. The molecule has 0 aliphatic rings. The second kappa shape index (κ2) is 14.3. The van der Waals surface area contributed by atoms with Crippen LogP contribution in [0, 0.1) is 13.8 Å². The second-order valence-corrected chi connectivity index (χ2v) is 12.5. The number of halogens is 4. The second-order valence-electron chi connectivity index (χ2n) is 10.2. The van der Waals surface area contributed by atoms with Gasteiger partial charge >= 0.3 is 6.18 Å². The molecule has 2 amide bonds. The molecule has 43 heavy (non-hydrogen) atoms. The molecule has 232 valence electrons. The van der Waals surface area contributed by atoms with Crippen LogP contribution in [0.4, 0.5) is 18.9 Å². The van der Waals surface area contributed by atoms with E-state index in [0.717, 1.165) is 23.3 Å². The predicted octanol–water partition coefficient (Wildman–Crippen LogP) is 6.50. The van der Waals surface area contributed by atoms with Crippen LogP contribution in [-0.2, 0) is 32.3 Å². The Hall–Kier alpha value is -3.57. The molecule has 0 aliphatic carbocycles. The highest BCUT2D eigenvalue weighted by Gasteiger charge is 2.37. The average molecular weight is 638 g/mol. The first-order valence-corrected chi connectivity index (χ1v) is 15.6. The summed E-state index contributed by atoms with van der Waals surface area (Å²) >= 11 is 5.82. The van der Waals surface area contributed by atoms with E-state index in [1.54, 1.807) is 38.1 Å². The minimum absolute atomic E-state index is 0.0224. The maximum atomic E-state index is 14.1. The van der Waals surface area contributed by atoms with Gasteiger partial charge in [0.15, 0.2) is 0 Å². The zero-order valence-corrected chi connectivity index (χ0v) is 26.0. The zero-order valence-electron chi connectivity index (χ0n) is 24.4. The summed E-state index contributed by atoms with van der Waals surface area (Å²) in [6, 6.07) is 14.7. The Morgan fingerprint density at radius 3 is 2.21 bits per heavy atom. The monoisotopic (exact) mass is 637 g/mol. The quantitative estimate of drug-likeness (QED) is 0.246. The maximum absolute atomic E-state index is 14.1. The van der Waals surface area contributed by atoms with Gasteiger partial charge in [0, 0.05) is 13.1 Å². The molecule has 12 heteroatoms. The summed E-state index contributed by atoms with van der Waals surface area (Å²) in [6.07, 6.45) is -4.00. The number of sulfonamides is 1. The molecule has 0 saturated heterocycles. The molecule has 3 rings (SSSR count). The van der Waals surface area contributed by atoms with Crippen molar-refractivity contribution in [2.75, 3.05) is 17.4 Å². The molecular formula is C31H35ClF3N3O4S. The molecule has 7 nitrogen and oxygen atoms in total. The summed E-state index contributed by atoms with van der Waals surface area (Å²) < 4.78 is 69.9. The van der Waals surface area contributed by atoms with Crippen LogP contribution in [0.2, 0.25) is 5.02 Å². The van der Waals surface area contributed by atoms with E-state index in [1.165, 1.54) is 17.0 Å². The van der Waals surface area contributed by atoms with E-state index in [2.05, 4.69) is 5.32 Å². The third kappa shape index (κ3) is 8.51. The van der Waals surface area contributed by atoms with Gasteiger partial charge in [-0.15, -0.1) is 0 Å². The van der Waals surface area contributed by atoms with Crippen molar-refractivity contribution in [3.05, 3.63) is 94.0 Å². The van der Waals surface area contributed by atoms with Gasteiger partial charge in [-0.3, -0.25) is 13.9 Å². The molecule has 3 aromatic carbocycles. The fraction of sp³-hybridized carbons (Fsp3) is 0.355. The Bertz CT molecular complexity index is 1550. The van der Waals surface area contributed by atoms with Gasteiger partial charge in [0.2, 0.25) is 11.8 Å². The molecule has 1 N–H and O–H groups in total. The van der Waals surface area contributed by atoms with Gasteiger partial charge < -0.3 is 10.2 Å². The number of carbonyl (C=O) groups excluding carboxylic acids is 2. The maximum Gasteiger partial charge on any atom is 0.417 e. The summed E-state index contributed by atoms with van der Waals surface area (Å²) in [5.74, 6) is -1.18. The van der Waals surface area contributed by atoms with Crippen LogP contribution in [0.1, 0.15) is 48.9 Å². The minimum atomic E-state index is -4.88. The van der Waals surface area contributed by atoms with Gasteiger partial charge in [0.05, 0.1) is 21.2 Å². The van der Waals surface area contributed by atoms with Crippen LogP contribution >= 0.6 is 11.6 Å². The zero-order chi connectivity index (χ0) is 31.9. The molecule has 0 saturated carbocycles. The number of alkyl halides is 3. The van der Waals surface area contributed by atoms with Gasteiger partial charge in [-0.2, -0.15) is 13.2 Å². The fourth-order valence-electron chi connectivity index (χ4n) is 4.54. The largest absolute Gasteiger partial charge is 0.417 e. The minimum Gasteiger partial charge on any atom is -0.354 e. The van der Waals surface area contributed by atoms with E-state index in [-0.39, 0.29) is 17.9 Å². The van der Waals surface area contributed by atoms with Crippen LogP contribution in [0.25, 0.3) is 0 Å². The third-order valence-electron chi connectivity index (χ3n) is 6.80. The van der Waals surface area contributed by atoms with E-state index < -0.39 is 56.9 Å². The van der Waals surface area contributed by atoms with Gasteiger partial charge in [0.25, 0.3) is 10.0 Å². The van der Waals surface area contributed by atoms with Crippen molar-refractivity contribution >= 4 is 39.1 Å². The molecule has 0 aromatic heterocycles. The van der Waals surface area contributed by atoms with Crippen molar-refractivity contribution in [1.29, 1.82) is 0 Å². The highest BCUT2D eigenvalue weighted by atomic mass is 35.5.